The zero-order valence-electron chi connectivity index (χ0n) is 10.2. The first-order valence-electron chi connectivity index (χ1n) is 5.36. The monoisotopic (exact) mass is 327 g/mol. The molecule has 0 bridgehead atoms. The van der Waals surface area contributed by atoms with Gasteiger partial charge in [0, 0.05) is 18.1 Å². The second-order valence-corrected chi connectivity index (χ2v) is 4.56. The molecule has 0 aliphatic heterocycles. The van der Waals surface area contributed by atoms with Crippen molar-refractivity contribution < 1.29 is 22.8 Å². The SMILES string of the molecule is CCOC(=S)Cc1cc(Cl)c(C(F)(F)F)cc1[N+](=O)[O-]. The van der Waals surface area contributed by atoms with Crippen molar-refractivity contribution >= 4 is 34.6 Å². The molecule has 0 N–H and O–H groups in total. The number of benzene rings is 1. The number of hydrogen-bond acceptors (Lipinski definition) is 4. The van der Waals surface area contributed by atoms with Gasteiger partial charge in [-0.05, 0) is 25.2 Å². The van der Waals surface area contributed by atoms with E-state index in [4.69, 9.17) is 28.6 Å². The van der Waals surface area contributed by atoms with Gasteiger partial charge in [-0.2, -0.15) is 13.2 Å². The average Bonchev–Trinajstić information content (AvgIpc) is 2.26. The van der Waals surface area contributed by atoms with Crippen molar-refractivity contribution in [3.63, 3.8) is 0 Å². The number of ether oxygens (including phenoxy) is 1. The number of thiocarbonyl (C=S) groups is 1. The van der Waals surface area contributed by atoms with Gasteiger partial charge in [0.05, 0.1) is 22.1 Å². The Bertz CT molecular complexity index is 548. The van der Waals surface area contributed by atoms with Crippen molar-refractivity contribution in [2.45, 2.75) is 19.5 Å². The maximum absolute atomic E-state index is 12.6. The number of alkyl halides is 3. The van der Waals surface area contributed by atoms with Gasteiger partial charge in [0.2, 0.25) is 0 Å². The minimum atomic E-state index is -4.76. The van der Waals surface area contributed by atoms with Gasteiger partial charge in [-0.25, -0.2) is 0 Å². The van der Waals surface area contributed by atoms with Crippen LogP contribution >= 0.6 is 23.8 Å². The predicted octanol–water partition coefficient (Wildman–Crippen LogP) is 4.17. The van der Waals surface area contributed by atoms with Gasteiger partial charge in [0.15, 0.2) is 5.05 Å². The highest BCUT2D eigenvalue weighted by molar-refractivity contribution is 7.80. The largest absolute Gasteiger partial charge is 0.487 e. The van der Waals surface area contributed by atoms with Crippen LogP contribution in [-0.2, 0) is 17.3 Å². The molecule has 0 unspecified atom stereocenters. The number of nitro benzene ring substituents is 1. The Labute approximate surface area is 122 Å². The third-order valence-corrected chi connectivity index (χ3v) is 2.89. The molecule has 0 saturated heterocycles. The van der Waals surface area contributed by atoms with Crippen molar-refractivity contribution in [1.29, 1.82) is 0 Å². The maximum atomic E-state index is 12.6. The standard InChI is InChI=1S/C11H9ClF3NO3S/c1-2-19-10(20)4-6-3-8(12)7(11(13,14)15)5-9(6)16(17)18/h3,5H,2,4H2,1H3. The second-order valence-electron chi connectivity index (χ2n) is 3.70. The highest BCUT2D eigenvalue weighted by Crippen LogP contribution is 2.38. The Morgan fingerprint density at radius 1 is 1.50 bits per heavy atom. The van der Waals surface area contributed by atoms with Crippen molar-refractivity contribution in [3.8, 4) is 0 Å². The molecule has 0 fully saturated rings. The van der Waals surface area contributed by atoms with Gasteiger partial charge in [-0.1, -0.05) is 11.6 Å². The van der Waals surface area contributed by atoms with Crippen LogP contribution in [0.15, 0.2) is 12.1 Å². The lowest BCUT2D eigenvalue weighted by Crippen LogP contribution is -2.11. The summed E-state index contributed by atoms with van der Waals surface area (Å²) in [6.07, 6.45) is -4.92. The fourth-order valence-corrected chi connectivity index (χ4v) is 2.07. The maximum Gasteiger partial charge on any atom is 0.418 e. The van der Waals surface area contributed by atoms with Gasteiger partial charge in [0.1, 0.15) is 0 Å². The summed E-state index contributed by atoms with van der Waals surface area (Å²) < 4.78 is 42.9. The summed E-state index contributed by atoms with van der Waals surface area (Å²) in [4.78, 5) is 9.96. The fourth-order valence-electron chi connectivity index (χ4n) is 1.50. The van der Waals surface area contributed by atoms with Crippen molar-refractivity contribution in [2.75, 3.05) is 6.61 Å². The van der Waals surface area contributed by atoms with E-state index in [9.17, 15) is 23.3 Å². The van der Waals surface area contributed by atoms with Gasteiger partial charge in [-0.3, -0.25) is 10.1 Å². The van der Waals surface area contributed by atoms with Crippen LogP contribution in [0.4, 0.5) is 18.9 Å². The number of hydrogen-bond donors (Lipinski definition) is 0. The Kier molecular flexibility index (Phi) is 5.29. The number of nitro groups is 1. The zero-order valence-corrected chi connectivity index (χ0v) is 11.7. The molecule has 20 heavy (non-hydrogen) atoms. The molecular formula is C11H9ClF3NO3S. The minimum absolute atomic E-state index is 0.0218. The molecule has 110 valence electrons. The van der Waals surface area contributed by atoms with E-state index in [1.54, 1.807) is 6.92 Å². The minimum Gasteiger partial charge on any atom is -0.487 e. The van der Waals surface area contributed by atoms with E-state index in [1.807, 2.05) is 0 Å². The fraction of sp³-hybridized carbons (Fsp3) is 0.364. The summed E-state index contributed by atoms with van der Waals surface area (Å²) in [5.74, 6) is 0. The molecule has 0 aromatic heterocycles. The van der Waals surface area contributed by atoms with Crippen LogP contribution in [0.5, 0.6) is 0 Å². The lowest BCUT2D eigenvalue weighted by molar-refractivity contribution is -0.385. The van der Waals surface area contributed by atoms with Crippen LogP contribution in [0, 0.1) is 10.1 Å². The Hall–Kier alpha value is -1.41. The summed E-state index contributed by atoms with van der Waals surface area (Å²) in [5.41, 5.74) is -1.97. The summed E-state index contributed by atoms with van der Waals surface area (Å²) in [5, 5.41) is 10.3. The Morgan fingerprint density at radius 2 is 2.10 bits per heavy atom. The molecule has 0 saturated carbocycles. The quantitative estimate of drug-likeness (QED) is 0.473. The average molecular weight is 328 g/mol. The summed E-state index contributed by atoms with van der Waals surface area (Å²) >= 11 is 10.3. The molecule has 0 atom stereocenters. The molecule has 0 amide bonds. The Morgan fingerprint density at radius 3 is 2.55 bits per heavy atom. The molecule has 0 aliphatic carbocycles. The van der Waals surface area contributed by atoms with E-state index in [0.717, 1.165) is 6.07 Å². The number of nitrogens with zero attached hydrogens (tertiary/aromatic N) is 1. The molecule has 4 nitrogen and oxygen atoms in total. The highest BCUT2D eigenvalue weighted by atomic mass is 35.5. The smallest absolute Gasteiger partial charge is 0.418 e. The van der Waals surface area contributed by atoms with Crippen molar-refractivity contribution in [2.24, 2.45) is 0 Å². The lowest BCUT2D eigenvalue weighted by Gasteiger charge is -2.11. The topological polar surface area (TPSA) is 52.4 Å². The van der Waals surface area contributed by atoms with Crippen LogP contribution in [0.2, 0.25) is 5.02 Å². The van der Waals surface area contributed by atoms with E-state index in [1.165, 1.54) is 0 Å². The van der Waals surface area contributed by atoms with E-state index < -0.39 is 27.4 Å². The van der Waals surface area contributed by atoms with E-state index in [0.29, 0.717) is 6.07 Å². The first kappa shape index (κ1) is 16.6. The molecule has 0 spiro atoms. The molecular weight excluding hydrogens is 319 g/mol. The summed E-state index contributed by atoms with van der Waals surface area (Å²) in [6, 6.07) is 1.31. The molecule has 1 rings (SSSR count). The number of rotatable bonds is 4. The van der Waals surface area contributed by atoms with Gasteiger partial charge in [0.25, 0.3) is 5.69 Å². The predicted molar refractivity (Wildman–Crippen MR) is 71.0 cm³/mol. The molecule has 0 aliphatic rings. The molecule has 1 aromatic carbocycles. The van der Waals surface area contributed by atoms with Crippen LogP contribution in [0.1, 0.15) is 18.1 Å². The third-order valence-electron chi connectivity index (χ3n) is 2.31. The Balaban J connectivity index is 3.28. The van der Waals surface area contributed by atoms with Crippen LogP contribution in [-0.4, -0.2) is 16.6 Å². The van der Waals surface area contributed by atoms with Crippen molar-refractivity contribution in [1.82, 2.24) is 0 Å². The molecule has 0 radical (unpaired) electrons. The van der Waals surface area contributed by atoms with Gasteiger partial charge >= 0.3 is 6.18 Å². The zero-order chi connectivity index (χ0) is 15.5. The molecule has 9 heteroatoms. The third kappa shape index (κ3) is 4.04. The second kappa shape index (κ2) is 6.36. The normalized spacial score (nSPS) is 11.2. The number of halogens is 4. The summed E-state index contributed by atoms with van der Waals surface area (Å²) in [7, 11) is 0. The lowest BCUT2D eigenvalue weighted by atomic mass is 10.1. The van der Waals surface area contributed by atoms with E-state index >= 15 is 0 Å². The highest BCUT2D eigenvalue weighted by Gasteiger charge is 2.36. The first-order chi connectivity index (χ1) is 9.16. The van der Waals surface area contributed by atoms with Crippen molar-refractivity contribution in [3.05, 3.63) is 38.4 Å². The first-order valence-corrected chi connectivity index (χ1v) is 6.15. The van der Waals surface area contributed by atoms with Crippen LogP contribution in [0.3, 0.4) is 0 Å². The van der Waals surface area contributed by atoms with E-state index in [-0.39, 0.29) is 23.6 Å². The van der Waals surface area contributed by atoms with Gasteiger partial charge in [-0.15, -0.1) is 0 Å². The van der Waals surface area contributed by atoms with Gasteiger partial charge < -0.3 is 4.74 Å². The molecule has 0 heterocycles. The van der Waals surface area contributed by atoms with Crippen LogP contribution in [0.25, 0.3) is 0 Å². The van der Waals surface area contributed by atoms with Crippen LogP contribution < -0.4 is 0 Å². The summed E-state index contributed by atoms with van der Waals surface area (Å²) in [6.45, 7) is 1.93. The van der Waals surface area contributed by atoms with E-state index in [2.05, 4.69) is 0 Å². The molecule has 1 aromatic rings.